The van der Waals surface area contributed by atoms with Gasteiger partial charge in [0.1, 0.15) is 11.4 Å². The molecular weight excluding hydrogens is 509 g/mol. The van der Waals surface area contributed by atoms with E-state index < -0.39 is 17.2 Å². The van der Waals surface area contributed by atoms with Gasteiger partial charge in [0.25, 0.3) is 0 Å². The molecule has 2 heterocycles. The first-order valence-electron chi connectivity index (χ1n) is 10.8. The number of hydrogen-bond donors (Lipinski definition) is 3. The van der Waals surface area contributed by atoms with E-state index in [0.717, 1.165) is 18.8 Å². The Kier molecular flexibility index (Phi) is 11.1. The highest BCUT2D eigenvalue weighted by Crippen LogP contribution is 2.24. The predicted octanol–water partition coefficient (Wildman–Crippen LogP) is 3.89. The summed E-state index contributed by atoms with van der Waals surface area (Å²) in [5.74, 6) is 1.65. The van der Waals surface area contributed by atoms with Crippen molar-refractivity contribution in [2.24, 2.45) is 4.99 Å². The third-order valence-corrected chi connectivity index (χ3v) is 4.93. The number of furan rings is 1. The number of ether oxygens (including phenoxy) is 1. The maximum atomic E-state index is 12.1. The van der Waals surface area contributed by atoms with E-state index in [4.69, 9.17) is 9.15 Å². The van der Waals surface area contributed by atoms with Crippen molar-refractivity contribution in [2.75, 3.05) is 33.2 Å². The number of alkyl carbamates (subject to hydrolysis) is 1. The number of carbonyl (C=O) groups is 1. The monoisotopic (exact) mass is 549 g/mol. The third-order valence-electron chi connectivity index (χ3n) is 4.93. The molecule has 1 aromatic rings. The number of aliphatic imine (C=N–C) groups is 1. The van der Waals surface area contributed by atoms with E-state index in [1.54, 1.807) is 13.3 Å². The number of halogens is 1. The number of amides is 1. The molecule has 0 radical (unpaired) electrons. The van der Waals surface area contributed by atoms with Gasteiger partial charge >= 0.3 is 6.09 Å². The Morgan fingerprint density at radius 2 is 1.87 bits per heavy atom. The molecule has 1 aliphatic heterocycles. The van der Waals surface area contributed by atoms with Gasteiger partial charge in [0, 0.05) is 20.1 Å². The molecule has 8 nitrogen and oxygen atoms in total. The highest BCUT2D eigenvalue weighted by molar-refractivity contribution is 14.0. The standard InChI is InChI=1S/C22H39N5O3.HI/c1-21(2,3)30-20(28)26-22(4,5)16-25-19(23-6)24-15-17(18-11-10-14-29-18)27-12-8-7-9-13-27;/h10-11,14,17H,7-9,12-13,15-16H2,1-6H3,(H,26,28)(H2,23,24,25);1H. The van der Waals surface area contributed by atoms with Crippen LogP contribution in [0.5, 0.6) is 0 Å². The van der Waals surface area contributed by atoms with Gasteiger partial charge in [0.15, 0.2) is 5.96 Å². The molecular formula is C22H40IN5O3. The van der Waals surface area contributed by atoms with Gasteiger partial charge in [-0.25, -0.2) is 4.79 Å². The minimum Gasteiger partial charge on any atom is -0.468 e. The molecule has 1 saturated heterocycles. The third kappa shape index (κ3) is 10.1. The maximum Gasteiger partial charge on any atom is 0.408 e. The second-order valence-corrected chi connectivity index (χ2v) is 9.45. The van der Waals surface area contributed by atoms with Gasteiger partial charge in [-0.3, -0.25) is 9.89 Å². The second-order valence-electron chi connectivity index (χ2n) is 9.45. The largest absolute Gasteiger partial charge is 0.468 e. The molecule has 1 aliphatic rings. The molecule has 178 valence electrons. The van der Waals surface area contributed by atoms with Crippen LogP contribution in [-0.4, -0.2) is 61.3 Å². The molecule has 0 aliphatic carbocycles. The molecule has 0 aromatic carbocycles. The SMILES string of the molecule is CN=C(NCC(c1ccco1)N1CCCCC1)NCC(C)(C)NC(=O)OC(C)(C)C.I. The van der Waals surface area contributed by atoms with E-state index in [2.05, 4.69) is 25.8 Å². The molecule has 2 rings (SSSR count). The van der Waals surface area contributed by atoms with E-state index >= 15 is 0 Å². The Morgan fingerprint density at radius 1 is 1.19 bits per heavy atom. The Labute approximate surface area is 204 Å². The van der Waals surface area contributed by atoms with Crippen LogP contribution in [0.1, 0.15) is 65.7 Å². The van der Waals surface area contributed by atoms with Gasteiger partial charge in [-0.1, -0.05) is 6.42 Å². The first-order valence-corrected chi connectivity index (χ1v) is 10.8. The smallest absolute Gasteiger partial charge is 0.408 e. The van der Waals surface area contributed by atoms with Crippen LogP contribution >= 0.6 is 24.0 Å². The number of nitrogens with one attached hydrogen (secondary N) is 3. The minimum atomic E-state index is -0.527. The van der Waals surface area contributed by atoms with Crippen LogP contribution in [0.3, 0.4) is 0 Å². The fourth-order valence-corrected chi connectivity index (χ4v) is 3.46. The molecule has 31 heavy (non-hydrogen) atoms. The molecule has 9 heteroatoms. The number of nitrogens with zero attached hydrogens (tertiary/aromatic N) is 2. The van der Waals surface area contributed by atoms with Gasteiger partial charge in [0.05, 0.1) is 17.8 Å². The summed E-state index contributed by atoms with van der Waals surface area (Å²) in [6.45, 7) is 12.8. The molecule has 3 N–H and O–H groups in total. The number of rotatable bonds is 7. The van der Waals surface area contributed by atoms with Crippen molar-refractivity contribution in [1.29, 1.82) is 0 Å². The number of carbonyl (C=O) groups excluding carboxylic acids is 1. The van der Waals surface area contributed by atoms with Crippen LogP contribution in [0.25, 0.3) is 0 Å². The second kappa shape index (κ2) is 12.5. The normalized spacial score (nSPS) is 16.8. The van der Waals surface area contributed by atoms with Crippen molar-refractivity contribution in [2.45, 2.75) is 71.1 Å². The molecule has 1 aromatic heterocycles. The summed E-state index contributed by atoms with van der Waals surface area (Å²) in [5.41, 5.74) is -1.03. The highest BCUT2D eigenvalue weighted by atomic mass is 127. The Morgan fingerprint density at radius 3 is 2.42 bits per heavy atom. The number of hydrogen-bond acceptors (Lipinski definition) is 5. The molecule has 1 amide bonds. The summed E-state index contributed by atoms with van der Waals surface area (Å²) in [6, 6.07) is 4.13. The van der Waals surface area contributed by atoms with Crippen LogP contribution in [0.4, 0.5) is 4.79 Å². The summed E-state index contributed by atoms with van der Waals surface area (Å²) in [4.78, 5) is 18.9. The molecule has 0 bridgehead atoms. The fraction of sp³-hybridized carbons (Fsp3) is 0.727. The van der Waals surface area contributed by atoms with Crippen LogP contribution in [0, 0.1) is 0 Å². The first kappa shape index (κ1) is 27.5. The van der Waals surface area contributed by atoms with Gasteiger partial charge in [0.2, 0.25) is 0 Å². The number of guanidine groups is 1. The topological polar surface area (TPSA) is 91.1 Å². The number of likely N-dealkylation sites (tertiary alicyclic amines) is 1. The van der Waals surface area contributed by atoms with Crippen molar-refractivity contribution >= 4 is 36.0 Å². The fourth-order valence-electron chi connectivity index (χ4n) is 3.46. The molecule has 0 spiro atoms. The summed E-state index contributed by atoms with van der Waals surface area (Å²) >= 11 is 0. The lowest BCUT2D eigenvalue weighted by molar-refractivity contribution is 0.0474. The maximum absolute atomic E-state index is 12.1. The van der Waals surface area contributed by atoms with Gasteiger partial charge in [-0.15, -0.1) is 24.0 Å². The van der Waals surface area contributed by atoms with Gasteiger partial charge in [-0.2, -0.15) is 0 Å². The zero-order chi connectivity index (χ0) is 22.2. The number of piperidine rings is 1. The van der Waals surface area contributed by atoms with Crippen LogP contribution in [0.15, 0.2) is 27.8 Å². The van der Waals surface area contributed by atoms with E-state index in [9.17, 15) is 4.79 Å². The summed E-state index contributed by atoms with van der Waals surface area (Å²) in [7, 11) is 1.74. The quantitative estimate of drug-likeness (QED) is 0.272. The lowest BCUT2D eigenvalue weighted by Gasteiger charge is -2.34. The Hall–Kier alpha value is -1.49. The van der Waals surface area contributed by atoms with Gasteiger partial charge in [-0.05, 0) is 72.7 Å². The molecule has 1 unspecified atom stereocenters. The average molecular weight is 549 g/mol. The summed E-state index contributed by atoms with van der Waals surface area (Å²) in [5, 5.41) is 9.62. The highest BCUT2D eigenvalue weighted by Gasteiger charge is 2.26. The molecule has 1 fully saturated rings. The summed E-state index contributed by atoms with van der Waals surface area (Å²) < 4.78 is 11.1. The Bertz CT molecular complexity index is 680. The predicted molar refractivity (Wildman–Crippen MR) is 135 cm³/mol. The lowest BCUT2D eigenvalue weighted by atomic mass is 10.1. The van der Waals surface area contributed by atoms with E-state index in [-0.39, 0.29) is 30.0 Å². The van der Waals surface area contributed by atoms with Crippen LogP contribution in [-0.2, 0) is 4.74 Å². The van der Waals surface area contributed by atoms with Crippen molar-refractivity contribution in [3.05, 3.63) is 24.2 Å². The summed E-state index contributed by atoms with van der Waals surface area (Å²) in [6.07, 6.45) is 5.02. The Balaban J connectivity index is 0.00000480. The van der Waals surface area contributed by atoms with Crippen LogP contribution in [0.2, 0.25) is 0 Å². The van der Waals surface area contributed by atoms with Crippen molar-refractivity contribution in [3.63, 3.8) is 0 Å². The van der Waals surface area contributed by atoms with Crippen molar-refractivity contribution < 1.29 is 13.9 Å². The average Bonchev–Trinajstić information content (AvgIpc) is 3.17. The molecule has 1 atom stereocenters. The van der Waals surface area contributed by atoms with Crippen molar-refractivity contribution in [3.8, 4) is 0 Å². The zero-order valence-corrected chi connectivity index (χ0v) is 22.1. The molecule has 0 saturated carbocycles. The first-order chi connectivity index (χ1) is 14.1. The van der Waals surface area contributed by atoms with Gasteiger partial charge < -0.3 is 25.1 Å². The van der Waals surface area contributed by atoms with Crippen LogP contribution < -0.4 is 16.0 Å². The minimum absolute atomic E-state index is 0. The van der Waals surface area contributed by atoms with E-state index in [1.807, 2.05) is 46.8 Å². The van der Waals surface area contributed by atoms with Crippen molar-refractivity contribution in [1.82, 2.24) is 20.9 Å². The van der Waals surface area contributed by atoms with E-state index in [1.165, 1.54) is 19.3 Å². The van der Waals surface area contributed by atoms with E-state index in [0.29, 0.717) is 19.0 Å². The zero-order valence-electron chi connectivity index (χ0n) is 19.8. The lowest BCUT2D eigenvalue weighted by Crippen LogP contribution is -2.54.